The standard InChI is InChI=1S/C34H27F3N2O5S2/c1-43-23-12-17(10-11-22(23)44-15-16-6-3-2-4-7-16)24-25-20-14-21(28(25)45-30-29(24)46-33(42)38-30)27-26(20)31(40)39(32(27)41)19-9-5-8-18(13-19)34(35,36)37/h2-13,20-21,24-28H,14-15H2,1H3,(H,38,42)/t20-,21-,24?,25?,26?,27?,28?/m1/s1. The minimum atomic E-state index is -4.60. The lowest BCUT2D eigenvalue weighted by Crippen LogP contribution is -2.42. The monoisotopic (exact) mass is 664 g/mol. The maximum atomic E-state index is 14.0. The number of hydrogen-bond donors (Lipinski definition) is 1. The molecule has 7 atom stereocenters. The van der Waals surface area contributed by atoms with Gasteiger partial charge in [-0.05, 0) is 65.6 Å². The first kappa shape index (κ1) is 29.4. The number of aromatic amines is 1. The average Bonchev–Trinajstić information content (AvgIpc) is 3.78. The number of rotatable bonds is 6. The van der Waals surface area contributed by atoms with E-state index in [9.17, 15) is 27.6 Å². The van der Waals surface area contributed by atoms with Crippen LogP contribution in [-0.4, -0.2) is 29.2 Å². The summed E-state index contributed by atoms with van der Waals surface area (Å²) >= 11 is 2.70. The third-order valence-corrected chi connectivity index (χ3v) is 12.5. The van der Waals surface area contributed by atoms with Crippen LogP contribution in [0.4, 0.5) is 18.9 Å². The second-order valence-electron chi connectivity index (χ2n) is 12.2. The average molecular weight is 665 g/mol. The summed E-state index contributed by atoms with van der Waals surface area (Å²) in [4.78, 5) is 45.1. The fourth-order valence-electron chi connectivity index (χ4n) is 8.20. The normalized spacial score (nSPS) is 27.8. The predicted molar refractivity (Wildman–Crippen MR) is 166 cm³/mol. The zero-order valence-electron chi connectivity index (χ0n) is 24.3. The summed E-state index contributed by atoms with van der Waals surface area (Å²) in [6, 6.07) is 19.9. The molecule has 8 rings (SSSR count). The zero-order valence-corrected chi connectivity index (χ0v) is 26.0. The van der Waals surface area contributed by atoms with Crippen molar-refractivity contribution < 1.29 is 32.2 Å². The highest BCUT2D eigenvalue weighted by Gasteiger charge is 2.69. The molecule has 2 saturated carbocycles. The summed E-state index contributed by atoms with van der Waals surface area (Å²) < 4.78 is 52.4. The van der Waals surface area contributed by atoms with E-state index in [-0.39, 0.29) is 39.5 Å². The quantitative estimate of drug-likeness (QED) is 0.230. The molecule has 5 unspecified atom stereocenters. The van der Waals surface area contributed by atoms with E-state index < -0.39 is 35.4 Å². The number of alkyl halides is 3. The Morgan fingerprint density at radius 1 is 0.913 bits per heavy atom. The van der Waals surface area contributed by atoms with Crippen molar-refractivity contribution in [1.29, 1.82) is 0 Å². The smallest absolute Gasteiger partial charge is 0.416 e. The molecule has 236 valence electrons. The molecular formula is C34H27F3N2O5S2. The molecule has 4 aromatic rings. The number of amides is 2. The number of thiazole rings is 1. The minimum absolute atomic E-state index is 0.0509. The molecule has 0 radical (unpaired) electrons. The first-order chi connectivity index (χ1) is 22.1. The summed E-state index contributed by atoms with van der Waals surface area (Å²) in [7, 11) is 1.57. The molecule has 2 bridgehead atoms. The molecule has 2 aliphatic heterocycles. The van der Waals surface area contributed by atoms with Gasteiger partial charge in [0.15, 0.2) is 11.5 Å². The van der Waals surface area contributed by atoms with E-state index in [1.165, 1.54) is 12.1 Å². The number of nitrogens with one attached hydrogen (secondary N) is 1. The number of nitrogens with zero attached hydrogens (tertiary/aromatic N) is 1. The van der Waals surface area contributed by atoms with Crippen LogP contribution in [0.25, 0.3) is 0 Å². The Balaban J connectivity index is 1.15. The van der Waals surface area contributed by atoms with Crippen molar-refractivity contribution in [3.8, 4) is 11.5 Å². The summed E-state index contributed by atoms with van der Waals surface area (Å²) in [6.45, 7) is 0.357. The number of hydrogen-bond acceptors (Lipinski definition) is 7. The van der Waals surface area contributed by atoms with Gasteiger partial charge in [-0.15, -0.1) is 11.8 Å². The number of fused-ring (bicyclic) bond motifs is 9. The predicted octanol–water partition coefficient (Wildman–Crippen LogP) is 6.72. The van der Waals surface area contributed by atoms with Gasteiger partial charge in [0.1, 0.15) is 6.61 Å². The van der Waals surface area contributed by atoms with E-state index in [0.29, 0.717) is 24.5 Å². The summed E-state index contributed by atoms with van der Waals surface area (Å²) in [5, 5.41) is 0.701. The van der Waals surface area contributed by atoms with Crippen LogP contribution in [0.15, 0.2) is 82.6 Å². The highest BCUT2D eigenvalue weighted by Crippen LogP contribution is 2.69. The van der Waals surface area contributed by atoms with Gasteiger partial charge in [0.25, 0.3) is 0 Å². The second kappa shape index (κ2) is 10.8. The molecule has 3 heterocycles. The largest absolute Gasteiger partial charge is 0.493 e. The maximum Gasteiger partial charge on any atom is 0.416 e. The number of anilines is 1. The van der Waals surface area contributed by atoms with Crippen LogP contribution in [0, 0.1) is 29.6 Å². The van der Waals surface area contributed by atoms with Crippen LogP contribution in [0.1, 0.15) is 33.9 Å². The fourth-order valence-corrected chi connectivity index (χ4v) is 11.1. The van der Waals surface area contributed by atoms with Crippen LogP contribution >= 0.6 is 23.1 Å². The van der Waals surface area contributed by atoms with Gasteiger partial charge in [-0.3, -0.25) is 19.3 Å². The molecule has 7 nitrogen and oxygen atoms in total. The number of methoxy groups -OCH3 is 1. The molecule has 1 aromatic heterocycles. The minimum Gasteiger partial charge on any atom is -0.493 e. The third kappa shape index (κ3) is 4.51. The van der Waals surface area contributed by atoms with E-state index >= 15 is 0 Å². The Kier molecular flexibility index (Phi) is 6.88. The molecule has 3 fully saturated rings. The Labute approximate surface area is 269 Å². The number of benzene rings is 3. The summed E-state index contributed by atoms with van der Waals surface area (Å²) in [6.07, 6.45) is -3.94. The lowest BCUT2D eigenvalue weighted by molar-refractivity contribution is -0.137. The van der Waals surface area contributed by atoms with Crippen molar-refractivity contribution in [2.24, 2.45) is 29.6 Å². The third-order valence-electron chi connectivity index (χ3n) is 9.94. The number of imide groups is 1. The van der Waals surface area contributed by atoms with Gasteiger partial charge >= 0.3 is 11.0 Å². The number of thioether (sulfide) groups is 1. The van der Waals surface area contributed by atoms with E-state index in [1.54, 1.807) is 18.9 Å². The van der Waals surface area contributed by atoms with Crippen molar-refractivity contribution in [2.75, 3.05) is 12.0 Å². The van der Waals surface area contributed by atoms with Crippen LogP contribution in [-0.2, 0) is 22.4 Å². The Bertz CT molecular complexity index is 1930. The second-order valence-corrected chi connectivity index (χ2v) is 14.4. The van der Waals surface area contributed by atoms with Crippen LogP contribution in [0.2, 0.25) is 0 Å². The van der Waals surface area contributed by atoms with Crippen molar-refractivity contribution >= 4 is 40.6 Å². The van der Waals surface area contributed by atoms with Gasteiger partial charge in [0.05, 0.1) is 35.2 Å². The molecule has 1 saturated heterocycles. The SMILES string of the molecule is COc1cc(C2c3sc(=O)[nH]c3SC3C2[C@H]2C[C@@H]3C3C(=O)N(c4cccc(C(F)(F)F)c4)C(=O)C32)ccc1OCc1ccccc1. The van der Waals surface area contributed by atoms with Crippen LogP contribution in [0.3, 0.4) is 0 Å². The van der Waals surface area contributed by atoms with Gasteiger partial charge in [-0.1, -0.05) is 53.8 Å². The Hall–Kier alpha value is -4.03. The van der Waals surface area contributed by atoms with Crippen LogP contribution < -0.4 is 19.2 Å². The van der Waals surface area contributed by atoms with E-state index in [1.807, 2.05) is 48.5 Å². The number of aromatic nitrogens is 1. The van der Waals surface area contributed by atoms with Crippen molar-refractivity contribution in [3.05, 3.63) is 104 Å². The number of halogens is 3. The van der Waals surface area contributed by atoms with Crippen molar-refractivity contribution in [1.82, 2.24) is 4.98 Å². The molecular weight excluding hydrogens is 638 g/mol. The molecule has 4 aliphatic rings. The molecule has 0 spiro atoms. The number of H-pyrrole nitrogens is 1. The van der Waals surface area contributed by atoms with Gasteiger partial charge in [-0.25, -0.2) is 0 Å². The molecule has 1 N–H and O–H groups in total. The van der Waals surface area contributed by atoms with Crippen molar-refractivity contribution in [3.63, 3.8) is 0 Å². The van der Waals surface area contributed by atoms with Crippen molar-refractivity contribution in [2.45, 2.75) is 35.4 Å². The zero-order chi connectivity index (χ0) is 31.9. The highest BCUT2D eigenvalue weighted by molar-refractivity contribution is 8.00. The summed E-state index contributed by atoms with van der Waals surface area (Å²) in [5.74, 6) is -1.69. The first-order valence-corrected chi connectivity index (χ1v) is 16.6. The van der Waals surface area contributed by atoms with Gasteiger partial charge in [-0.2, -0.15) is 13.2 Å². The number of carbonyl (C=O) groups is 2. The Morgan fingerprint density at radius 3 is 2.41 bits per heavy atom. The molecule has 2 amide bonds. The first-order valence-electron chi connectivity index (χ1n) is 14.9. The van der Waals surface area contributed by atoms with E-state index in [2.05, 4.69) is 4.98 Å². The van der Waals surface area contributed by atoms with Gasteiger partial charge < -0.3 is 14.5 Å². The number of ether oxygens (including phenoxy) is 2. The lowest BCUT2D eigenvalue weighted by atomic mass is 9.68. The van der Waals surface area contributed by atoms with Gasteiger partial charge in [0.2, 0.25) is 11.8 Å². The van der Waals surface area contributed by atoms with E-state index in [4.69, 9.17) is 9.47 Å². The lowest BCUT2D eigenvalue weighted by Gasteiger charge is -2.43. The summed E-state index contributed by atoms with van der Waals surface area (Å²) in [5.41, 5.74) is 0.957. The topological polar surface area (TPSA) is 88.7 Å². The Morgan fingerprint density at radius 2 is 1.67 bits per heavy atom. The molecule has 2 aliphatic carbocycles. The highest BCUT2D eigenvalue weighted by atomic mass is 32.2. The van der Waals surface area contributed by atoms with Crippen LogP contribution in [0.5, 0.6) is 11.5 Å². The van der Waals surface area contributed by atoms with Gasteiger partial charge in [0, 0.05) is 16.0 Å². The maximum absolute atomic E-state index is 14.0. The molecule has 12 heteroatoms. The number of carbonyl (C=O) groups excluding carboxylic acids is 2. The van der Waals surface area contributed by atoms with E-state index in [0.717, 1.165) is 49.4 Å². The fraction of sp³-hybridized carbons (Fsp3) is 0.324. The molecule has 3 aromatic carbocycles. The molecule has 46 heavy (non-hydrogen) atoms.